The first kappa shape index (κ1) is 12.6. The molecule has 0 radical (unpaired) electrons. The van der Waals surface area contributed by atoms with E-state index in [4.69, 9.17) is 10.5 Å². The molecule has 94 valence electrons. The van der Waals surface area contributed by atoms with Crippen LogP contribution in [0.1, 0.15) is 18.4 Å². The van der Waals surface area contributed by atoms with Gasteiger partial charge in [-0.15, -0.1) is 0 Å². The monoisotopic (exact) mass is 234 g/mol. The molecule has 2 rings (SSSR count). The number of hydrogen-bond acceptors (Lipinski definition) is 3. The van der Waals surface area contributed by atoms with Crippen LogP contribution in [0, 0.1) is 5.92 Å². The van der Waals surface area contributed by atoms with Crippen LogP contribution in [0.4, 0.5) is 0 Å². The van der Waals surface area contributed by atoms with E-state index in [9.17, 15) is 0 Å². The summed E-state index contributed by atoms with van der Waals surface area (Å²) in [6.07, 6.45) is 2.14. The molecule has 3 heteroatoms. The third-order valence-corrected chi connectivity index (χ3v) is 3.38. The molecule has 0 atom stereocenters. The number of benzene rings is 1. The van der Waals surface area contributed by atoms with Gasteiger partial charge in [-0.3, -0.25) is 0 Å². The highest BCUT2D eigenvalue weighted by Gasteiger charge is 2.40. The molecule has 1 saturated carbocycles. The fraction of sp³-hybridized carbons (Fsp3) is 0.571. The molecule has 1 aliphatic rings. The van der Waals surface area contributed by atoms with E-state index in [2.05, 4.69) is 17.4 Å². The summed E-state index contributed by atoms with van der Waals surface area (Å²) in [4.78, 5) is 0. The molecule has 0 heterocycles. The van der Waals surface area contributed by atoms with Gasteiger partial charge in [0.25, 0.3) is 0 Å². The average Bonchev–Trinajstić information content (AvgIpc) is 2.28. The molecule has 0 spiro atoms. The number of ether oxygens (including phenoxy) is 1. The van der Waals surface area contributed by atoms with Crippen LogP contribution < -0.4 is 11.1 Å². The molecule has 0 bridgehead atoms. The highest BCUT2D eigenvalue weighted by atomic mass is 16.5. The predicted octanol–water partition coefficient (Wildman–Crippen LogP) is 1.53. The van der Waals surface area contributed by atoms with Crippen molar-refractivity contribution in [1.82, 2.24) is 5.32 Å². The van der Waals surface area contributed by atoms with Gasteiger partial charge in [0.1, 0.15) is 0 Å². The summed E-state index contributed by atoms with van der Waals surface area (Å²) in [7, 11) is 1.95. The first-order valence-corrected chi connectivity index (χ1v) is 6.27. The molecular weight excluding hydrogens is 212 g/mol. The van der Waals surface area contributed by atoms with Gasteiger partial charge in [-0.1, -0.05) is 30.3 Å². The smallest absolute Gasteiger partial charge is 0.0717 e. The van der Waals surface area contributed by atoms with Crippen LogP contribution in [0.5, 0.6) is 0 Å². The Morgan fingerprint density at radius 2 is 2.06 bits per heavy atom. The van der Waals surface area contributed by atoms with Gasteiger partial charge < -0.3 is 15.8 Å². The molecule has 1 aliphatic carbocycles. The predicted molar refractivity (Wildman–Crippen MR) is 69.7 cm³/mol. The second kappa shape index (κ2) is 5.63. The van der Waals surface area contributed by atoms with E-state index in [1.807, 2.05) is 25.2 Å². The van der Waals surface area contributed by atoms with E-state index in [1.165, 1.54) is 5.56 Å². The fourth-order valence-electron chi connectivity index (χ4n) is 2.62. The molecule has 1 aromatic carbocycles. The van der Waals surface area contributed by atoms with Crippen molar-refractivity contribution in [2.75, 3.05) is 20.2 Å². The van der Waals surface area contributed by atoms with Crippen molar-refractivity contribution in [3.63, 3.8) is 0 Å². The van der Waals surface area contributed by atoms with Crippen molar-refractivity contribution >= 4 is 0 Å². The van der Waals surface area contributed by atoms with E-state index in [0.29, 0.717) is 12.5 Å². The first-order chi connectivity index (χ1) is 8.22. The van der Waals surface area contributed by atoms with Gasteiger partial charge in [0.15, 0.2) is 0 Å². The normalized spacial score (nSPS) is 27.8. The SMILES string of the molecule is CNCC1(N)CC(COCc2ccccc2)C1. The molecule has 0 saturated heterocycles. The lowest BCUT2D eigenvalue weighted by Gasteiger charge is -2.44. The molecule has 17 heavy (non-hydrogen) atoms. The quantitative estimate of drug-likeness (QED) is 0.784. The molecular formula is C14H22N2O. The van der Waals surface area contributed by atoms with Crippen LogP contribution in [0.15, 0.2) is 30.3 Å². The zero-order valence-electron chi connectivity index (χ0n) is 10.5. The molecule has 0 aromatic heterocycles. The third kappa shape index (κ3) is 3.53. The fourth-order valence-corrected chi connectivity index (χ4v) is 2.62. The Morgan fingerprint density at radius 1 is 1.35 bits per heavy atom. The maximum atomic E-state index is 6.17. The third-order valence-electron chi connectivity index (χ3n) is 3.38. The lowest BCUT2D eigenvalue weighted by molar-refractivity contribution is 0.0232. The van der Waals surface area contributed by atoms with Crippen molar-refractivity contribution in [3.05, 3.63) is 35.9 Å². The van der Waals surface area contributed by atoms with Crippen LogP contribution in [0.3, 0.4) is 0 Å². The van der Waals surface area contributed by atoms with Gasteiger partial charge in [0, 0.05) is 18.7 Å². The first-order valence-electron chi connectivity index (χ1n) is 6.27. The highest BCUT2D eigenvalue weighted by Crippen LogP contribution is 2.35. The maximum absolute atomic E-state index is 6.17. The topological polar surface area (TPSA) is 47.3 Å². The summed E-state index contributed by atoms with van der Waals surface area (Å²) in [5.74, 6) is 0.636. The number of nitrogens with two attached hydrogens (primary N) is 1. The lowest BCUT2D eigenvalue weighted by atomic mass is 9.69. The standard InChI is InChI=1S/C14H22N2O/c1-16-11-14(15)7-13(8-14)10-17-9-12-5-3-2-4-6-12/h2-6,13,16H,7-11,15H2,1H3. The highest BCUT2D eigenvalue weighted by molar-refractivity contribution is 5.13. The van der Waals surface area contributed by atoms with E-state index < -0.39 is 0 Å². The van der Waals surface area contributed by atoms with Crippen LogP contribution in [-0.4, -0.2) is 25.7 Å². The largest absolute Gasteiger partial charge is 0.376 e. The molecule has 3 N–H and O–H groups in total. The second-order valence-electron chi connectivity index (χ2n) is 5.17. The summed E-state index contributed by atoms with van der Waals surface area (Å²) in [5, 5.41) is 3.15. The van der Waals surface area contributed by atoms with Crippen LogP contribution in [-0.2, 0) is 11.3 Å². The van der Waals surface area contributed by atoms with Gasteiger partial charge in [-0.25, -0.2) is 0 Å². The molecule has 1 fully saturated rings. The van der Waals surface area contributed by atoms with Crippen molar-refractivity contribution in [3.8, 4) is 0 Å². The van der Waals surface area contributed by atoms with Crippen LogP contribution in [0.25, 0.3) is 0 Å². The molecule has 1 aromatic rings. The number of rotatable bonds is 6. The lowest BCUT2D eigenvalue weighted by Crippen LogP contribution is -2.58. The van der Waals surface area contributed by atoms with Crippen LogP contribution in [0.2, 0.25) is 0 Å². The van der Waals surface area contributed by atoms with Crippen molar-refractivity contribution < 1.29 is 4.74 Å². The zero-order chi connectivity index (χ0) is 12.1. The van der Waals surface area contributed by atoms with Crippen molar-refractivity contribution in [2.24, 2.45) is 11.7 Å². The zero-order valence-corrected chi connectivity index (χ0v) is 10.5. The minimum Gasteiger partial charge on any atom is -0.376 e. The molecule has 0 amide bonds. The summed E-state index contributed by atoms with van der Waals surface area (Å²) >= 11 is 0. The number of hydrogen-bond donors (Lipinski definition) is 2. The minimum atomic E-state index is 0.00945. The van der Waals surface area contributed by atoms with Gasteiger partial charge in [0.2, 0.25) is 0 Å². The van der Waals surface area contributed by atoms with Crippen molar-refractivity contribution in [2.45, 2.75) is 25.0 Å². The maximum Gasteiger partial charge on any atom is 0.0717 e. The second-order valence-corrected chi connectivity index (χ2v) is 5.17. The van der Waals surface area contributed by atoms with Gasteiger partial charge in [-0.05, 0) is 31.4 Å². The van der Waals surface area contributed by atoms with E-state index in [-0.39, 0.29) is 5.54 Å². The Kier molecular flexibility index (Phi) is 4.15. The van der Waals surface area contributed by atoms with E-state index in [1.54, 1.807) is 0 Å². The summed E-state index contributed by atoms with van der Waals surface area (Å²) in [6.45, 7) is 2.45. The van der Waals surface area contributed by atoms with Crippen molar-refractivity contribution in [1.29, 1.82) is 0 Å². The van der Waals surface area contributed by atoms with Gasteiger partial charge in [0.05, 0.1) is 6.61 Å². The summed E-state index contributed by atoms with van der Waals surface area (Å²) in [5.41, 5.74) is 7.42. The Bertz CT molecular complexity index is 333. The Hall–Kier alpha value is -0.900. The van der Waals surface area contributed by atoms with Gasteiger partial charge in [-0.2, -0.15) is 0 Å². The molecule has 3 nitrogen and oxygen atoms in total. The Balaban J connectivity index is 1.62. The van der Waals surface area contributed by atoms with Gasteiger partial charge >= 0.3 is 0 Å². The Morgan fingerprint density at radius 3 is 2.71 bits per heavy atom. The summed E-state index contributed by atoms with van der Waals surface area (Å²) in [6, 6.07) is 10.3. The van der Waals surface area contributed by atoms with Crippen LogP contribution >= 0.6 is 0 Å². The van der Waals surface area contributed by atoms with E-state index in [0.717, 1.165) is 26.0 Å². The van der Waals surface area contributed by atoms with E-state index >= 15 is 0 Å². The Labute approximate surface area is 103 Å². The minimum absolute atomic E-state index is 0.00945. The summed E-state index contributed by atoms with van der Waals surface area (Å²) < 4.78 is 5.72. The number of nitrogens with one attached hydrogen (secondary N) is 1. The molecule has 0 unspecified atom stereocenters. The number of likely N-dealkylation sites (N-methyl/N-ethyl adjacent to an activating group) is 1. The molecule has 0 aliphatic heterocycles. The average molecular weight is 234 g/mol.